The summed E-state index contributed by atoms with van der Waals surface area (Å²) in [4.78, 5) is 22.8. The Bertz CT molecular complexity index is 774. The van der Waals surface area contributed by atoms with Gasteiger partial charge in [0.2, 0.25) is 0 Å². The van der Waals surface area contributed by atoms with Gasteiger partial charge in [-0.25, -0.2) is 0 Å². The van der Waals surface area contributed by atoms with Gasteiger partial charge in [-0.2, -0.15) is 10.1 Å². The fourth-order valence-corrected chi connectivity index (χ4v) is 2.45. The van der Waals surface area contributed by atoms with Gasteiger partial charge in [-0.05, 0) is 24.3 Å². The maximum Gasteiger partial charge on any atom is 0.276 e. The van der Waals surface area contributed by atoms with E-state index in [2.05, 4.69) is 5.10 Å². The van der Waals surface area contributed by atoms with Gasteiger partial charge in [0.05, 0.1) is 4.92 Å². The molecule has 1 N–H and O–H groups in total. The fourth-order valence-electron chi connectivity index (χ4n) is 2.45. The van der Waals surface area contributed by atoms with Gasteiger partial charge in [0.25, 0.3) is 11.6 Å². The third-order valence-corrected chi connectivity index (χ3v) is 3.68. The number of amides is 1. The molecule has 0 saturated carbocycles. The Morgan fingerprint density at radius 3 is 2.43 bits per heavy atom. The molecule has 1 aliphatic heterocycles. The Morgan fingerprint density at radius 2 is 1.83 bits per heavy atom. The molecule has 7 heteroatoms. The smallest absolute Gasteiger partial charge is 0.276 e. The first-order valence-corrected chi connectivity index (χ1v) is 6.92. The van der Waals surface area contributed by atoms with Crippen molar-refractivity contribution in [2.75, 3.05) is 0 Å². The monoisotopic (exact) mass is 311 g/mol. The molecule has 0 spiro atoms. The second kappa shape index (κ2) is 5.62. The van der Waals surface area contributed by atoms with Gasteiger partial charge in [0, 0.05) is 35.9 Å². The number of carbonyl (C=O) groups is 1. The van der Waals surface area contributed by atoms with Crippen LogP contribution < -0.4 is 0 Å². The lowest BCUT2D eigenvalue weighted by atomic mass is 9.99. The van der Waals surface area contributed by atoms with Crippen LogP contribution in [-0.2, 0) is 5.72 Å². The predicted octanol–water partition coefficient (Wildman–Crippen LogP) is 2.27. The van der Waals surface area contributed by atoms with Crippen molar-refractivity contribution >= 4 is 17.8 Å². The van der Waals surface area contributed by atoms with Crippen molar-refractivity contribution in [2.45, 2.75) is 12.1 Å². The highest BCUT2D eigenvalue weighted by molar-refractivity contribution is 5.95. The van der Waals surface area contributed by atoms with Crippen molar-refractivity contribution in [3.05, 3.63) is 75.8 Å². The van der Waals surface area contributed by atoms with Crippen LogP contribution in [0, 0.1) is 10.1 Å². The Morgan fingerprint density at radius 1 is 1.17 bits per heavy atom. The minimum Gasteiger partial charge on any atom is -0.365 e. The third kappa shape index (κ3) is 2.58. The van der Waals surface area contributed by atoms with E-state index in [-0.39, 0.29) is 12.1 Å². The lowest BCUT2D eigenvalue weighted by Gasteiger charge is -2.31. The molecule has 2 aromatic rings. The van der Waals surface area contributed by atoms with Crippen LogP contribution in [0.25, 0.3) is 0 Å². The normalized spacial score (nSPS) is 19.8. The highest BCUT2D eigenvalue weighted by Gasteiger charge is 2.43. The van der Waals surface area contributed by atoms with E-state index >= 15 is 0 Å². The van der Waals surface area contributed by atoms with Crippen LogP contribution in [0.3, 0.4) is 0 Å². The van der Waals surface area contributed by atoms with Crippen LogP contribution in [0.4, 0.5) is 5.69 Å². The van der Waals surface area contributed by atoms with E-state index in [1.807, 2.05) is 0 Å². The van der Waals surface area contributed by atoms with Crippen LogP contribution >= 0.6 is 0 Å². The number of nitro groups is 1. The fraction of sp³-hybridized carbons (Fsp3) is 0.125. The number of hydrazone groups is 1. The zero-order valence-electron chi connectivity index (χ0n) is 12.0. The molecule has 0 aromatic heterocycles. The molecule has 0 bridgehead atoms. The van der Waals surface area contributed by atoms with Crippen molar-refractivity contribution in [3.8, 4) is 0 Å². The Kier molecular flexibility index (Phi) is 3.63. The quantitative estimate of drug-likeness (QED) is 0.694. The zero-order chi connectivity index (χ0) is 16.4. The zero-order valence-corrected chi connectivity index (χ0v) is 12.0. The minimum atomic E-state index is -1.65. The summed E-state index contributed by atoms with van der Waals surface area (Å²) < 4.78 is 0. The summed E-state index contributed by atoms with van der Waals surface area (Å²) in [5.41, 5.74) is -0.976. The van der Waals surface area contributed by atoms with Gasteiger partial charge in [-0.3, -0.25) is 14.9 Å². The molecule has 7 nitrogen and oxygen atoms in total. The summed E-state index contributed by atoms with van der Waals surface area (Å²) in [5.74, 6) is -0.444. The number of carbonyl (C=O) groups excluding carboxylic acids is 1. The number of aliphatic hydroxyl groups is 1. The van der Waals surface area contributed by atoms with Gasteiger partial charge < -0.3 is 5.11 Å². The Labute approximate surface area is 131 Å². The number of benzene rings is 2. The standard InChI is InChI=1S/C16H13N3O4/c20-15(12-4-2-1-3-5-12)18-16(21,10-11-17-18)13-6-8-14(9-7-13)19(22)23/h1-9,11,21H,10H2/t16-/m1/s1. The number of rotatable bonds is 3. The molecule has 0 aliphatic carbocycles. The molecule has 2 aromatic carbocycles. The second-order valence-corrected chi connectivity index (χ2v) is 5.11. The van der Waals surface area contributed by atoms with Crippen LogP contribution in [-0.4, -0.2) is 27.2 Å². The molecule has 0 fully saturated rings. The van der Waals surface area contributed by atoms with E-state index < -0.39 is 16.6 Å². The van der Waals surface area contributed by atoms with Gasteiger partial charge in [-0.15, -0.1) is 0 Å². The average Bonchev–Trinajstić information content (AvgIpc) is 2.98. The molecule has 116 valence electrons. The molecule has 0 saturated heterocycles. The van der Waals surface area contributed by atoms with E-state index in [0.717, 1.165) is 5.01 Å². The average molecular weight is 311 g/mol. The molecular formula is C16H13N3O4. The first-order chi connectivity index (χ1) is 11.0. The molecule has 3 rings (SSSR count). The lowest BCUT2D eigenvalue weighted by Crippen LogP contribution is -2.43. The lowest BCUT2D eigenvalue weighted by molar-refractivity contribution is -0.384. The summed E-state index contributed by atoms with van der Waals surface area (Å²) in [5, 5.41) is 26.6. The number of nitro benzene ring substituents is 1. The molecule has 0 unspecified atom stereocenters. The van der Waals surface area contributed by atoms with Crippen molar-refractivity contribution in [3.63, 3.8) is 0 Å². The summed E-state index contributed by atoms with van der Waals surface area (Å²) >= 11 is 0. The van der Waals surface area contributed by atoms with E-state index in [4.69, 9.17) is 0 Å². The van der Waals surface area contributed by atoms with Crippen LogP contribution in [0.1, 0.15) is 22.3 Å². The van der Waals surface area contributed by atoms with Crippen LogP contribution in [0.15, 0.2) is 59.7 Å². The Hall–Kier alpha value is -3.06. The minimum absolute atomic E-state index is 0.0859. The number of non-ortho nitro benzene ring substituents is 1. The first kappa shape index (κ1) is 14.9. The van der Waals surface area contributed by atoms with E-state index in [1.165, 1.54) is 30.5 Å². The van der Waals surface area contributed by atoms with Gasteiger partial charge in [-0.1, -0.05) is 18.2 Å². The summed E-state index contributed by atoms with van der Waals surface area (Å²) in [7, 11) is 0. The highest BCUT2D eigenvalue weighted by atomic mass is 16.6. The molecule has 1 atom stereocenters. The van der Waals surface area contributed by atoms with Gasteiger partial charge in [0.1, 0.15) is 0 Å². The molecule has 1 aliphatic rings. The highest BCUT2D eigenvalue weighted by Crippen LogP contribution is 2.34. The van der Waals surface area contributed by atoms with Crippen molar-refractivity contribution < 1.29 is 14.8 Å². The maximum absolute atomic E-state index is 12.6. The predicted molar refractivity (Wildman–Crippen MR) is 82.7 cm³/mol. The maximum atomic E-state index is 12.6. The largest absolute Gasteiger partial charge is 0.365 e. The van der Waals surface area contributed by atoms with E-state index in [1.54, 1.807) is 30.3 Å². The number of nitrogens with zero attached hydrogens (tertiary/aromatic N) is 3. The van der Waals surface area contributed by atoms with Crippen molar-refractivity contribution in [1.29, 1.82) is 0 Å². The van der Waals surface area contributed by atoms with Gasteiger partial charge >= 0.3 is 0 Å². The number of hydrogen-bond acceptors (Lipinski definition) is 5. The first-order valence-electron chi connectivity index (χ1n) is 6.92. The second-order valence-electron chi connectivity index (χ2n) is 5.11. The van der Waals surface area contributed by atoms with E-state index in [9.17, 15) is 20.0 Å². The summed E-state index contributed by atoms with van der Waals surface area (Å²) in [6.45, 7) is 0. The van der Waals surface area contributed by atoms with Gasteiger partial charge in [0.15, 0.2) is 5.72 Å². The van der Waals surface area contributed by atoms with Crippen molar-refractivity contribution in [1.82, 2.24) is 5.01 Å². The van der Waals surface area contributed by atoms with Crippen LogP contribution in [0.2, 0.25) is 0 Å². The Balaban J connectivity index is 1.94. The summed E-state index contributed by atoms with van der Waals surface area (Å²) in [6, 6.07) is 13.9. The summed E-state index contributed by atoms with van der Waals surface area (Å²) in [6.07, 6.45) is 1.56. The molecule has 23 heavy (non-hydrogen) atoms. The molecule has 0 radical (unpaired) electrons. The SMILES string of the molecule is O=C(c1ccccc1)N1N=CC[C@@]1(O)c1ccc([N+](=O)[O-])cc1. The third-order valence-electron chi connectivity index (χ3n) is 3.68. The molecule has 1 amide bonds. The number of hydrogen-bond donors (Lipinski definition) is 1. The van der Waals surface area contributed by atoms with Crippen LogP contribution in [0.5, 0.6) is 0 Å². The van der Waals surface area contributed by atoms with Crippen molar-refractivity contribution in [2.24, 2.45) is 5.10 Å². The topological polar surface area (TPSA) is 96.0 Å². The van der Waals surface area contributed by atoms with E-state index in [0.29, 0.717) is 11.1 Å². The molecular weight excluding hydrogens is 298 g/mol. The molecule has 1 heterocycles.